The predicted molar refractivity (Wildman–Crippen MR) is 79.0 cm³/mol. The molecule has 1 aromatic carbocycles. The van der Waals surface area contributed by atoms with E-state index in [0.717, 1.165) is 12.1 Å². The average molecular weight is 361 g/mol. The highest BCUT2D eigenvalue weighted by Gasteiger charge is 2.14. The van der Waals surface area contributed by atoms with E-state index in [9.17, 15) is 4.39 Å². The molecule has 2 rings (SSSR count). The van der Waals surface area contributed by atoms with Gasteiger partial charge in [-0.15, -0.1) is 11.3 Å². The van der Waals surface area contributed by atoms with Gasteiger partial charge in [0.05, 0.1) is 8.93 Å². The van der Waals surface area contributed by atoms with E-state index in [0.29, 0.717) is 0 Å². The van der Waals surface area contributed by atoms with Gasteiger partial charge in [-0.25, -0.2) is 4.39 Å². The van der Waals surface area contributed by atoms with E-state index in [1.807, 2.05) is 6.07 Å². The van der Waals surface area contributed by atoms with Gasteiger partial charge in [-0.3, -0.25) is 0 Å². The Kier molecular flexibility index (Phi) is 4.53. The maximum absolute atomic E-state index is 13.3. The van der Waals surface area contributed by atoms with Crippen molar-refractivity contribution in [3.05, 3.63) is 55.5 Å². The molecule has 1 atom stereocenters. The molecule has 0 bridgehead atoms. The molecule has 2 aromatic rings. The molecular formula is C13H13FINS. The second kappa shape index (κ2) is 5.93. The van der Waals surface area contributed by atoms with Gasteiger partial charge in [-0.05, 0) is 63.8 Å². The van der Waals surface area contributed by atoms with E-state index in [4.69, 9.17) is 0 Å². The standard InChI is InChI=1S/C13H13FINS/c1-2-16-13(10-7-12(15)17-8-10)9-4-3-5-11(14)6-9/h3-8,13,16H,2H2,1H3. The van der Waals surface area contributed by atoms with E-state index in [2.05, 4.69) is 46.3 Å². The van der Waals surface area contributed by atoms with Crippen molar-refractivity contribution in [1.82, 2.24) is 5.32 Å². The molecule has 90 valence electrons. The molecule has 0 radical (unpaired) electrons. The van der Waals surface area contributed by atoms with Crippen LogP contribution in [0.25, 0.3) is 0 Å². The van der Waals surface area contributed by atoms with Gasteiger partial charge in [0.25, 0.3) is 0 Å². The zero-order valence-corrected chi connectivity index (χ0v) is 12.4. The van der Waals surface area contributed by atoms with Gasteiger partial charge < -0.3 is 5.32 Å². The van der Waals surface area contributed by atoms with E-state index >= 15 is 0 Å². The van der Waals surface area contributed by atoms with E-state index in [1.165, 1.54) is 14.5 Å². The number of hydrogen-bond acceptors (Lipinski definition) is 2. The minimum atomic E-state index is -0.185. The number of benzene rings is 1. The van der Waals surface area contributed by atoms with Crippen molar-refractivity contribution in [2.75, 3.05) is 6.54 Å². The first-order valence-corrected chi connectivity index (χ1v) is 7.39. The van der Waals surface area contributed by atoms with Gasteiger partial charge in [0.1, 0.15) is 5.82 Å². The topological polar surface area (TPSA) is 12.0 Å². The Bertz CT molecular complexity index is 498. The molecule has 1 unspecified atom stereocenters. The summed E-state index contributed by atoms with van der Waals surface area (Å²) in [7, 11) is 0. The van der Waals surface area contributed by atoms with Crippen LogP contribution in [0.5, 0.6) is 0 Å². The maximum Gasteiger partial charge on any atom is 0.123 e. The fourth-order valence-electron chi connectivity index (χ4n) is 1.79. The largest absolute Gasteiger partial charge is 0.307 e. The van der Waals surface area contributed by atoms with Gasteiger partial charge in [0.2, 0.25) is 0 Å². The summed E-state index contributed by atoms with van der Waals surface area (Å²) in [6.45, 7) is 2.91. The zero-order chi connectivity index (χ0) is 12.3. The van der Waals surface area contributed by atoms with Crippen molar-refractivity contribution < 1.29 is 4.39 Å². The summed E-state index contributed by atoms with van der Waals surface area (Å²) in [5.41, 5.74) is 2.17. The third kappa shape index (κ3) is 3.26. The molecule has 0 fully saturated rings. The molecule has 1 nitrogen and oxygen atoms in total. The van der Waals surface area contributed by atoms with Gasteiger partial charge in [-0.1, -0.05) is 19.1 Å². The van der Waals surface area contributed by atoms with Crippen LogP contribution >= 0.6 is 33.9 Å². The lowest BCUT2D eigenvalue weighted by molar-refractivity contribution is 0.604. The van der Waals surface area contributed by atoms with Crippen LogP contribution in [0.15, 0.2) is 35.7 Å². The minimum absolute atomic E-state index is 0.0791. The van der Waals surface area contributed by atoms with Crippen molar-refractivity contribution in [1.29, 1.82) is 0 Å². The molecule has 0 aliphatic rings. The lowest BCUT2D eigenvalue weighted by Crippen LogP contribution is -2.21. The third-order valence-electron chi connectivity index (χ3n) is 2.51. The van der Waals surface area contributed by atoms with Crippen LogP contribution in [0.1, 0.15) is 24.1 Å². The summed E-state index contributed by atoms with van der Waals surface area (Å²) in [4.78, 5) is 0. The second-order valence-corrected chi connectivity index (χ2v) is 6.54. The number of rotatable bonds is 4. The molecule has 0 spiro atoms. The first-order chi connectivity index (χ1) is 8.20. The first-order valence-electron chi connectivity index (χ1n) is 5.43. The summed E-state index contributed by atoms with van der Waals surface area (Å²) >= 11 is 4.02. The van der Waals surface area contributed by atoms with Crippen LogP contribution in [-0.4, -0.2) is 6.54 Å². The molecule has 0 saturated carbocycles. The molecule has 1 heterocycles. The van der Waals surface area contributed by atoms with Crippen LogP contribution in [0.3, 0.4) is 0 Å². The van der Waals surface area contributed by atoms with E-state index in [-0.39, 0.29) is 11.9 Å². The molecule has 1 N–H and O–H groups in total. The molecule has 0 aliphatic heterocycles. The third-order valence-corrected chi connectivity index (χ3v) is 4.32. The molecule has 0 saturated heterocycles. The van der Waals surface area contributed by atoms with Crippen LogP contribution in [0.4, 0.5) is 4.39 Å². The highest BCUT2D eigenvalue weighted by Crippen LogP contribution is 2.27. The van der Waals surface area contributed by atoms with E-state index in [1.54, 1.807) is 23.5 Å². The average Bonchev–Trinajstić information content (AvgIpc) is 2.72. The molecule has 1 aromatic heterocycles. The zero-order valence-electron chi connectivity index (χ0n) is 9.41. The lowest BCUT2D eigenvalue weighted by atomic mass is 10.0. The van der Waals surface area contributed by atoms with Crippen molar-refractivity contribution in [3.63, 3.8) is 0 Å². The Labute approximate surface area is 118 Å². The Morgan fingerprint density at radius 2 is 2.18 bits per heavy atom. The van der Waals surface area contributed by atoms with Crippen molar-refractivity contribution in [2.45, 2.75) is 13.0 Å². The number of thiophene rings is 1. The fraction of sp³-hybridized carbons (Fsp3) is 0.231. The maximum atomic E-state index is 13.3. The Morgan fingerprint density at radius 1 is 1.35 bits per heavy atom. The smallest absolute Gasteiger partial charge is 0.123 e. The minimum Gasteiger partial charge on any atom is -0.307 e. The van der Waals surface area contributed by atoms with Crippen LogP contribution < -0.4 is 5.32 Å². The van der Waals surface area contributed by atoms with Gasteiger partial charge in [0.15, 0.2) is 0 Å². The SMILES string of the molecule is CCNC(c1cccc(F)c1)c1csc(I)c1. The van der Waals surface area contributed by atoms with E-state index < -0.39 is 0 Å². The molecule has 0 aliphatic carbocycles. The van der Waals surface area contributed by atoms with Crippen LogP contribution in [0, 0.1) is 8.70 Å². The Morgan fingerprint density at radius 3 is 2.76 bits per heavy atom. The van der Waals surface area contributed by atoms with Crippen molar-refractivity contribution in [2.24, 2.45) is 0 Å². The molecule has 0 amide bonds. The van der Waals surface area contributed by atoms with Crippen molar-refractivity contribution in [3.8, 4) is 0 Å². The highest BCUT2D eigenvalue weighted by molar-refractivity contribution is 14.1. The number of halogens is 2. The summed E-state index contributed by atoms with van der Waals surface area (Å²) in [6.07, 6.45) is 0. The fourth-order valence-corrected chi connectivity index (χ4v) is 3.19. The number of hydrogen-bond donors (Lipinski definition) is 1. The Hall–Kier alpha value is -0.460. The lowest BCUT2D eigenvalue weighted by Gasteiger charge is -2.17. The van der Waals surface area contributed by atoms with Gasteiger partial charge >= 0.3 is 0 Å². The normalized spacial score (nSPS) is 12.6. The van der Waals surface area contributed by atoms with Gasteiger partial charge in [-0.2, -0.15) is 0 Å². The quantitative estimate of drug-likeness (QED) is 0.806. The molecule has 4 heteroatoms. The second-order valence-electron chi connectivity index (χ2n) is 3.73. The van der Waals surface area contributed by atoms with Crippen LogP contribution in [0.2, 0.25) is 0 Å². The summed E-state index contributed by atoms with van der Waals surface area (Å²) in [5, 5.41) is 5.52. The summed E-state index contributed by atoms with van der Waals surface area (Å²) in [6, 6.07) is 9.01. The van der Waals surface area contributed by atoms with Gasteiger partial charge in [0, 0.05) is 0 Å². The Balaban J connectivity index is 2.35. The predicted octanol–water partition coefficient (Wildman–Crippen LogP) is 4.19. The first kappa shape index (κ1) is 13.0. The van der Waals surface area contributed by atoms with Crippen LogP contribution in [-0.2, 0) is 0 Å². The summed E-state index contributed by atoms with van der Waals surface area (Å²) < 4.78 is 14.5. The highest BCUT2D eigenvalue weighted by atomic mass is 127. The monoisotopic (exact) mass is 361 g/mol. The molecule has 17 heavy (non-hydrogen) atoms. The van der Waals surface area contributed by atoms with Crippen molar-refractivity contribution >= 4 is 33.9 Å². The summed E-state index contributed by atoms with van der Waals surface area (Å²) in [5.74, 6) is -0.185. The number of nitrogens with one attached hydrogen (secondary N) is 1. The molecular weight excluding hydrogens is 348 g/mol.